The lowest BCUT2D eigenvalue weighted by atomic mass is 9.92. The van der Waals surface area contributed by atoms with Crippen LogP contribution in [-0.4, -0.2) is 47.3 Å². The molecule has 0 aliphatic heterocycles. The first-order chi connectivity index (χ1) is 17.7. The van der Waals surface area contributed by atoms with E-state index in [0.717, 1.165) is 25.7 Å². The molecule has 4 nitrogen and oxygen atoms in total. The monoisotopic (exact) mass is 511 g/mol. The molecule has 216 valence electrons. The van der Waals surface area contributed by atoms with Crippen molar-refractivity contribution in [2.75, 3.05) is 26.3 Å². The zero-order chi connectivity index (χ0) is 26.5. The van der Waals surface area contributed by atoms with Crippen LogP contribution in [0.1, 0.15) is 168 Å². The first kappa shape index (κ1) is 35.4. The van der Waals surface area contributed by atoms with Gasteiger partial charge in [0.15, 0.2) is 0 Å². The van der Waals surface area contributed by atoms with E-state index in [1.54, 1.807) is 4.90 Å². The molecule has 0 heterocycles. The van der Waals surface area contributed by atoms with Crippen LogP contribution >= 0.6 is 0 Å². The fourth-order valence-electron chi connectivity index (χ4n) is 5.33. The van der Waals surface area contributed by atoms with Crippen LogP contribution in [0.25, 0.3) is 0 Å². The molecule has 1 atom stereocenters. The van der Waals surface area contributed by atoms with Gasteiger partial charge in [0.1, 0.15) is 0 Å². The third kappa shape index (κ3) is 22.6. The number of aliphatic hydroxyl groups is 2. The van der Waals surface area contributed by atoms with Crippen molar-refractivity contribution in [3.05, 3.63) is 0 Å². The minimum absolute atomic E-state index is 0.0324. The zero-order valence-corrected chi connectivity index (χ0v) is 24.6. The number of hydrogen-bond acceptors (Lipinski definition) is 3. The third-order valence-electron chi connectivity index (χ3n) is 7.71. The van der Waals surface area contributed by atoms with E-state index in [4.69, 9.17) is 0 Å². The average Bonchev–Trinajstić information content (AvgIpc) is 2.88. The summed E-state index contributed by atoms with van der Waals surface area (Å²) in [6.45, 7) is 5.16. The number of unbranched alkanes of at least 4 members (excludes halogenated alkanes) is 20. The molecule has 2 N–H and O–H groups in total. The summed E-state index contributed by atoms with van der Waals surface area (Å²) >= 11 is 0. The first-order valence-corrected chi connectivity index (χ1v) is 16.2. The van der Waals surface area contributed by atoms with Crippen molar-refractivity contribution in [3.63, 3.8) is 0 Å². The van der Waals surface area contributed by atoms with E-state index in [1.165, 1.54) is 128 Å². The Morgan fingerprint density at radius 2 is 0.778 bits per heavy atom. The molecule has 4 heteroatoms. The fourth-order valence-corrected chi connectivity index (χ4v) is 5.33. The van der Waals surface area contributed by atoms with E-state index >= 15 is 0 Å². The smallest absolute Gasteiger partial charge is 0.225 e. The number of nitrogens with zero attached hydrogens (tertiary/aromatic N) is 1. The van der Waals surface area contributed by atoms with Gasteiger partial charge in [-0.2, -0.15) is 0 Å². The summed E-state index contributed by atoms with van der Waals surface area (Å²) in [4.78, 5) is 14.8. The Morgan fingerprint density at radius 1 is 0.500 bits per heavy atom. The fraction of sp³-hybridized carbons (Fsp3) is 0.969. The van der Waals surface area contributed by atoms with Gasteiger partial charge >= 0.3 is 0 Å². The minimum Gasteiger partial charge on any atom is -0.395 e. The molecule has 0 saturated carbocycles. The van der Waals surface area contributed by atoms with Crippen LogP contribution in [0.3, 0.4) is 0 Å². The van der Waals surface area contributed by atoms with E-state index in [-0.39, 0.29) is 25.0 Å². The molecular formula is C32H65NO3. The van der Waals surface area contributed by atoms with Crippen LogP contribution in [0.15, 0.2) is 0 Å². The molecule has 0 bridgehead atoms. The molecule has 0 aliphatic carbocycles. The van der Waals surface area contributed by atoms with Gasteiger partial charge in [-0.05, 0) is 12.8 Å². The second kappa shape index (κ2) is 29.0. The number of carbonyl (C=O) groups is 1. The van der Waals surface area contributed by atoms with Crippen molar-refractivity contribution in [1.29, 1.82) is 0 Å². The quantitative estimate of drug-likeness (QED) is 0.0986. The standard InChI is InChI=1S/C32H65NO3/c1-3-5-7-9-11-13-15-16-18-20-22-24-26-31(32(36)33(27-29-34)28-30-35)25-23-21-19-17-14-12-10-8-6-4-2/h31,34-35H,3-30H2,1-2H3. The van der Waals surface area contributed by atoms with Gasteiger partial charge in [-0.15, -0.1) is 0 Å². The Morgan fingerprint density at radius 3 is 1.06 bits per heavy atom. The molecule has 0 aromatic heterocycles. The molecule has 1 amide bonds. The summed E-state index contributed by atoms with van der Waals surface area (Å²) in [6.07, 6.45) is 31.1. The molecule has 1 unspecified atom stereocenters. The molecule has 0 rings (SSSR count). The van der Waals surface area contributed by atoms with Gasteiger partial charge in [-0.3, -0.25) is 4.79 Å². The Balaban J connectivity index is 4.14. The Hall–Kier alpha value is -0.610. The summed E-state index contributed by atoms with van der Waals surface area (Å²) in [5.74, 6) is 0.206. The van der Waals surface area contributed by atoms with Crippen LogP contribution in [0.4, 0.5) is 0 Å². The Bertz CT molecular complexity index is 437. The maximum absolute atomic E-state index is 13.2. The highest BCUT2D eigenvalue weighted by molar-refractivity contribution is 5.78. The summed E-state index contributed by atoms with van der Waals surface area (Å²) in [6, 6.07) is 0. The minimum atomic E-state index is -0.0324. The average molecular weight is 512 g/mol. The molecule has 0 fully saturated rings. The Kier molecular flexibility index (Phi) is 28.5. The van der Waals surface area contributed by atoms with Gasteiger partial charge in [0.05, 0.1) is 13.2 Å². The molecule has 0 radical (unpaired) electrons. The molecular weight excluding hydrogens is 446 g/mol. The largest absolute Gasteiger partial charge is 0.395 e. The van der Waals surface area contributed by atoms with Crippen molar-refractivity contribution in [2.24, 2.45) is 5.92 Å². The molecule has 0 saturated heterocycles. The van der Waals surface area contributed by atoms with Crippen LogP contribution in [-0.2, 0) is 4.79 Å². The summed E-state index contributed by atoms with van der Waals surface area (Å²) in [7, 11) is 0. The van der Waals surface area contributed by atoms with Gasteiger partial charge in [-0.25, -0.2) is 0 Å². The molecule has 0 aromatic carbocycles. The maximum atomic E-state index is 13.2. The summed E-state index contributed by atoms with van der Waals surface area (Å²) in [5, 5.41) is 18.7. The zero-order valence-electron chi connectivity index (χ0n) is 24.6. The number of aliphatic hydroxyl groups excluding tert-OH is 2. The van der Waals surface area contributed by atoms with E-state index in [9.17, 15) is 15.0 Å². The van der Waals surface area contributed by atoms with E-state index in [0.29, 0.717) is 13.1 Å². The topological polar surface area (TPSA) is 60.8 Å². The van der Waals surface area contributed by atoms with Crippen LogP contribution in [0, 0.1) is 5.92 Å². The third-order valence-corrected chi connectivity index (χ3v) is 7.71. The molecule has 36 heavy (non-hydrogen) atoms. The van der Waals surface area contributed by atoms with Crippen molar-refractivity contribution in [1.82, 2.24) is 4.90 Å². The van der Waals surface area contributed by atoms with Gasteiger partial charge in [0.2, 0.25) is 5.91 Å². The molecule has 0 aromatic rings. The van der Waals surface area contributed by atoms with Gasteiger partial charge in [0.25, 0.3) is 0 Å². The van der Waals surface area contributed by atoms with Crippen LogP contribution in [0.2, 0.25) is 0 Å². The van der Waals surface area contributed by atoms with Crippen molar-refractivity contribution < 1.29 is 15.0 Å². The number of rotatable bonds is 29. The predicted molar refractivity (Wildman–Crippen MR) is 156 cm³/mol. The van der Waals surface area contributed by atoms with Crippen molar-refractivity contribution in [3.8, 4) is 0 Å². The van der Waals surface area contributed by atoms with E-state index in [2.05, 4.69) is 13.8 Å². The molecule has 0 spiro atoms. The number of hydrogen-bond donors (Lipinski definition) is 2. The van der Waals surface area contributed by atoms with E-state index in [1.807, 2.05) is 0 Å². The molecule has 0 aliphatic rings. The van der Waals surface area contributed by atoms with E-state index < -0.39 is 0 Å². The normalized spacial score (nSPS) is 12.2. The lowest BCUT2D eigenvalue weighted by Gasteiger charge is -2.26. The highest BCUT2D eigenvalue weighted by Gasteiger charge is 2.23. The lowest BCUT2D eigenvalue weighted by molar-refractivity contribution is -0.137. The SMILES string of the molecule is CCCCCCCCCCCCCCC(CCCCCCCCCCCC)C(=O)N(CCO)CCO. The van der Waals surface area contributed by atoms with Crippen molar-refractivity contribution >= 4 is 5.91 Å². The van der Waals surface area contributed by atoms with Crippen molar-refractivity contribution in [2.45, 2.75) is 168 Å². The Labute approximate surface area is 226 Å². The lowest BCUT2D eigenvalue weighted by Crippen LogP contribution is -2.40. The summed E-state index contributed by atoms with van der Waals surface area (Å²) in [5.41, 5.74) is 0. The van der Waals surface area contributed by atoms with Gasteiger partial charge in [0, 0.05) is 19.0 Å². The second-order valence-corrected chi connectivity index (χ2v) is 11.1. The number of amides is 1. The highest BCUT2D eigenvalue weighted by Crippen LogP contribution is 2.22. The summed E-state index contributed by atoms with van der Waals surface area (Å²) < 4.78 is 0. The van der Waals surface area contributed by atoms with Crippen LogP contribution < -0.4 is 0 Å². The maximum Gasteiger partial charge on any atom is 0.225 e. The highest BCUT2D eigenvalue weighted by atomic mass is 16.3. The van der Waals surface area contributed by atoms with Gasteiger partial charge in [-0.1, -0.05) is 155 Å². The second-order valence-electron chi connectivity index (χ2n) is 11.1. The van der Waals surface area contributed by atoms with Crippen LogP contribution in [0.5, 0.6) is 0 Å². The first-order valence-electron chi connectivity index (χ1n) is 16.2. The number of carbonyl (C=O) groups excluding carboxylic acids is 1. The van der Waals surface area contributed by atoms with Gasteiger partial charge < -0.3 is 15.1 Å². The predicted octanol–water partition coefficient (Wildman–Crippen LogP) is 8.82.